The van der Waals surface area contributed by atoms with Gasteiger partial charge in [-0.15, -0.1) is 0 Å². The molecule has 8 heteroatoms. The van der Waals surface area contributed by atoms with Crippen molar-refractivity contribution in [2.45, 2.75) is 31.6 Å². The molecule has 1 aliphatic heterocycles. The lowest BCUT2D eigenvalue weighted by molar-refractivity contribution is -0.137. The maximum atomic E-state index is 12.9. The number of hydrogen-bond donors (Lipinski definition) is 1. The topological polar surface area (TPSA) is 41.6 Å². The Morgan fingerprint density at radius 2 is 1.93 bits per heavy atom. The van der Waals surface area contributed by atoms with Crippen molar-refractivity contribution in [1.29, 1.82) is 0 Å². The van der Waals surface area contributed by atoms with E-state index in [0.717, 1.165) is 6.07 Å². The summed E-state index contributed by atoms with van der Waals surface area (Å²) in [5.74, 6) is 0.203. The first-order valence-electron chi connectivity index (χ1n) is 9.29. The van der Waals surface area contributed by atoms with Gasteiger partial charge in [0.25, 0.3) is 5.91 Å². The first-order valence-corrected chi connectivity index (χ1v) is 9.67. The molecule has 0 aliphatic carbocycles. The third-order valence-electron chi connectivity index (χ3n) is 4.99. The first kappa shape index (κ1) is 21.5. The molecule has 4 nitrogen and oxygen atoms in total. The Morgan fingerprint density at radius 3 is 2.59 bits per heavy atom. The molecule has 1 aliphatic rings. The van der Waals surface area contributed by atoms with Crippen LogP contribution in [0.3, 0.4) is 0 Å². The van der Waals surface area contributed by atoms with Gasteiger partial charge in [-0.1, -0.05) is 29.8 Å². The van der Waals surface area contributed by atoms with Crippen molar-refractivity contribution in [3.63, 3.8) is 0 Å². The van der Waals surface area contributed by atoms with E-state index in [-0.39, 0.29) is 11.9 Å². The molecule has 2 aromatic rings. The molecule has 0 saturated carbocycles. The van der Waals surface area contributed by atoms with Gasteiger partial charge in [0.1, 0.15) is 5.75 Å². The van der Waals surface area contributed by atoms with E-state index in [9.17, 15) is 18.0 Å². The molecule has 0 radical (unpaired) electrons. The first-order chi connectivity index (χ1) is 13.8. The third kappa shape index (κ3) is 5.64. The minimum Gasteiger partial charge on any atom is -0.496 e. The van der Waals surface area contributed by atoms with E-state index in [1.165, 1.54) is 19.2 Å². The van der Waals surface area contributed by atoms with Crippen molar-refractivity contribution in [2.24, 2.45) is 0 Å². The van der Waals surface area contributed by atoms with Crippen LogP contribution in [0.25, 0.3) is 0 Å². The number of carbonyl (C=O) groups is 1. The van der Waals surface area contributed by atoms with Crippen molar-refractivity contribution in [3.8, 4) is 5.75 Å². The molecule has 1 saturated heterocycles. The maximum absolute atomic E-state index is 12.9. The van der Waals surface area contributed by atoms with Crippen LogP contribution in [-0.2, 0) is 12.7 Å². The number of nitrogens with zero attached hydrogens (tertiary/aromatic N) is 1. The Hall–Kier alpha value is -2.25. The van der Waals surface area contributed by atoms with Crippen molar-refractivity contribution >= 4 is 17.5 Å². The van der Waals surface area contributed by atoms with Gasteiger partial charge in [-0.3, -0.25) is 9.69 Å². The molecule has 1 amide bonds. The highest BCUT2D eigenvalue weighted by atomic mass is 35.5. The molecule has 0 bridgehead atoms. The fraction of sp³-hybridized carbons (Fsp3) is 0.381. The highest BCUT2D eigenvalue weighted by Crippen LogP contribution is 2.30. The van der Waals surface area contributed by atoms with Crippen molar-refractivity contribution < 1.29 is 22.7 Å². The lowest BCUT2D eigenvalue weighted by Crippen LogP contribution is -2.44. The number of amides is 1. The molecule has 1 N–H and O–H groups in total. The maximum Gasteiger partial charge on any atom is 0.416 e. The second-order valence-corrected chi connectivity index (χ2v) is 7.50. The van der Waals surface area contributed by atoms with Crippen LogP contribution in [0.2, 0.25) is 5.02 Å². The van der Waals surface area contributed by atoms with Crippen LogP contribution in [0.5, 0.6) is 5.75 Å². The second-order valence-electron chi connectivity index (χ2n) is 7.07. The van der Waals surface area contributed by atoms with E-state index >= 15 is 0 Å². The fourth-order valence-corrected chi connectivity index (χ4v) is 3.63. The predicted octanol–water partition coefficient (Wildman–Crippen LogP) is 4.76. The summed E-state index contributed by atoms with van der Waals surface area (Å²) in [4.78, 5) is 14.7. The number of hydrogen-bond acceptors (Lipinski definition) is 3. The quantitative estimate of drug-likeness (QED) is 0.749. The van der Waals surface area contributed by atoms with Gasteiger partial charge >= 0.3 is 6.18 Å². The van der Waals surface area contributed by atoms with E-state index in [2.05, 4.69) is 10.2 Å². The number of likely N-dealkylation sites (tertiary alicyclic amines) is 1. The predicted molar refractivity (Wildman–Crippen MR) is 105 cm³/mol. The Bertz CT molecular complexity index is 865. The molecular weight excluding hydrogens is 405 g/mol. The Kier molecular flexibility index (Phi) is 6.70. The van der Waals surface area contributed by atoms with Crippen LogP contribution in [-0.4, -0.2) is 37.0 Å². The summed E-state index contributed by atoms with van der Waals surface area (Å²) in [7, 11) is 1.49. The monoisotopic (exact) mass is 426 g/mol. The number of methoxy groups -OCH3 is 1. The van der Waals surface area contributed by atoms with Gasteiger partial charge in [0.05, 0.1) is 18.2 Å². The zero-order valence-corrected chi connectivity index (χ0v) is 16.7. The van der Waals surface area contributed by atoms with Crippen molar-refractivity contribution in [1.82, 2.24) is 10.2 Å². The van der Waals surface area contributed by atoms with Gasteiger partial charge in [-0.25, -0.2) is 0 Å². The number of benzene rings is 2. The fourth-order valence-electron chi connectivity index (χ4n) is 3.46. The van der Waals surface area contributed by atoms with E-state index < -0.39 is 11.7 Å². The molecule has 0 unspecified atom stereocenters. The Morgan fingerprint density at radius 1 is 1.21 bits per heavy atom. The Labute approximate surface area is 172 Å². The molecule has 0 atom stereocenters. The molecule has 0 spiro atoms. The smallest absolute Gasteiger partial charge is 0.416 e. The zero-order valence-electron chi connectivity index (χ0n) is 15.9. The summed E-state index contributed by atoms with van der Waals surface area (Å²) < 4.78 is 43.8. The summed E-state index contributed by atoms with van der Waals surface area (Å²) in [5.41, 5.74) is 0.380. The van der Waals surface area contributed by atoms with E-state index in [1.54, 1.807) is 24.3 Å². The summed E-state index contributed by atoms with van der Waals surface area (Å²) in [6, 6.07) is 10.3. The van der Waals surface area contributed by atoms with E-state index in [1.807, 2.05) is 0 Å². The third-order valence-corrected chi connectivity index (χ3v) is 5.22. The number of alkyl halides is 3. The second kappa shape index (κ2) is 9.05. The minimum absolute atomic E-state index is 0.0102. The average Bonchev–Trinajstić information content (AvgIpc) is 2.69. The van der Waals surface area contributed by atoms with Crippen LogP contribution in [0, 0.1) is 0 Å². The summed E-state index contributed by atoms with van der Waals surface area (Å²) in [5, 5.41) is 3.45. The number of ether oxygens (including phenoxy) is 1. The van der Waals surface area contributed by atoms with Crippen LogP contribution in [0.15, 0.2) is 42.5 Å². The summed E-state index contributed by atoms with van der Waals surface area (Å²) >= 11 is 5.98. The molecule has 2 aromatic carbocycles. The van der Waals surface area contributed by atoms with Crippen LogP contribution < -0.4 is 10.1 Å². The van der Waals surface area contributed by atoms with Gasteiger partial charge in [-0.05, 0) is 42.7 Å². The molecule has 29 heavy (non-hydrogen) atoms. The van der Waals surface area contributed by atoms with Crippen LogP contribution >= 0.6 is 11.6 Å². The normalized spacial score (nSPS) is 15.9. The lowest BCUT2D eigenvalue weighted by Gasteiger charge is -2.32. The molecule has 0 aromatic heterocycles. The summed E-state index contributed by atoms with van der Waals surface area (Å²) in [6.45, 7) is 1.83. The number of rotatable bonds is 5. The standard InChI is InChI=1S/C21H22ClF3N2O2/c1-29-19-6-5-16(22)12-18(19)20(28)26-17-7-9-27(10-8-17)13-14-3-2-4-15(11-14)21(23,24)25/h2-6,11-12,17H,7-10,13H2,1H3,(H,26,28). The van der Waals surface area contributed by atoms with Gasteiger partial charge < -0.3 is 10.1 Å². The van der Waals surface area contributed by atoms with E-state index in [4.69, 9.17) is 16.3 Å². The number of carbonyl (C=O) groups excluding carboxylic acids is 1. The molecular formula is C21H22ClF3N2O2. The summed E-state index contributed by atoms with van der Waals surface area (Å²) in [6.07, 6.45) is -2.91. The highest BCUT2D eigenvalue weighted by molar-refractivity contribution is 6.31. The SMILES string of the molecule is COc1ccc(Cl)cc1C(=O)NC1CCN(Cc2cccc(C(F)(F)F)c2)CC1. The van der Waals surface area contributed by atoms with Crippen LogP contribution in [0.1, 0.15) is 34.3 Å². The molecule has 3 rings (SSSR count). The lowest BCUT2D eigenvalue weighted by atomic mass is 10.0. The number of nitrogens with one attached hydrogen (secondary N) is 1. The van der Waals surface area contributed by atoms with Crippen LogP contribution in [0.4, 0.5) is 13.2 Å². The molecule has 1 fully saturated rings. The number of piperidine rings is 1. The van der Waals surface area contributed by atoms with Gasteiger partial charge in [-0.2, -0.15) is 13.2 Å². The van der Waals surface area contributed by atoms with Crippen molar-refractivity contribution in [3.05, 3.63) is 64.2 Å². The van der Waals surface area contributed by atoms with Gasteiger partial charge in [0, 0.05) is 30.7 Å². The number of halogens is 4. The van der Waals surface area contributed by atoms with E-state index in [0.29, 0.717) is 54.4 Å². The average molecular weight is 427 g/mol. The minimum atomic E-state index is -4.34. The van der Waals surface area contributed by atoms with Crippen molar-refractivity contribution in [2.75, 3.05) is 20.2 Å². The molecule has 1 heterocycles. The highest BCUT2D eigenvalue weighted by Gasteiger charge is 2.30. The molecule has 156 valence electrons. The van der Waals surface area contributed by atoms with Gasteiger partial charge in [0.15, 0.2) is 0 Å². The zero-order chi connectivity index (χ0) is 21.0. The van der Waals surface area contributed by atoms with Gasteiger partial charge in [0.2, 0.25) is 0 Å². The largest absolute Gasteiger partial charge is 0.496 e. The Balaban J connectivity index is 1.55.